The lowest BCUT2D eigenvalue weighted by Gasteiger charge is -2.35. The Labute approximate surface area is 128 Å². The van der Waals surface area contributed by atoms with Crippen LogP contribution in [-0.4, -0.2) is 90.5 Å². The third-order valence-corrected chi connectivity index (χ3v) is 4.68. The quantitative estimate of drug-likeness (QED) is 0.620. The summed E-state index contributed by atoms with van der Waals surface area (Å²) >= 11 is 1.54. The predicted octanol–water partition coefficient (Wildman–Crippen LogP) is -0.773. The molecule has 0 atom stereocenters. The molecule has 2 aliphatic heterocycles. The molecule has 0 aliphatic carbocycles. The van der Waals surface area contributed by atoms with E-state index in [1.165, 1.54) is 7.11 Å². The van der Waals surface area contributed by atoms with E-state index in [1.54, 1.807) is 21.6 Å². The first-order valence-electron chi connectivity index (χ1n) is 7.02. The van der Waals surface area contributed by atoms with Crippen LogP contribution in [0.3, 0.4) is 0 Å². The van der Waals surface area contributed by atoms with Gasteiger partial charge in [0.1, 0.15) is 6.54 Å². The molecule has 2 amide bonds. The first-order valence-corrected chi connectivity index (χ1v) is 8.18. The van der Waals surface area contributed by atoms with E-state index >= 15 is 0 Å². The lowest BCUT2D eigenvalue weighted by molar-refractivity contribution is -0.142. The second kappa shape index (κ2) is 7.65. The van der Waals surface area contributed by atoms with Crippen LogP contribution in [0.4, 0.5) is 0 Å². The highest BCUT2D eigenvalue weighted by molar-refractivity contribution is 8.00. The van der Waals surface area contributed by atoms with Crippen LogP contribution in [0.1, 0.15) is 6.42 Å². The SMILES string of the molecule is COC(=O)CCN1CCN(C(=O)CN2CSCC2=O)CC1. The van der Waals surface area contributed by atoms with E-state index in [2.05, 4.69) is 9.64 Å². The van der Waals surface area contributed by atoms with Crippen molar-refractivity contribution in [3.05, 3.63) is 0 Å². The average Bonchev–Trinajstić information content (AvgIpc) is 2.90. The average molecular weight is 315 g/mol. The minimum absolute atomic E-state index is 0.0125. The first-order chi connectivity index (χ1) is 10.1. The number of thioether (sulfide) groups is 1. The second-order valence-electron chi connectivity index (χ2n) is 5.12. The molecule has 0 aromatic carbocycles. The van der Waals surface area contributed by atoms with Gasteiger partial charge in [-0.3, -0.25) is 19.3 Å². The highest BCUT2D eigenvalue weighted by Crippen LogP contribution is 2.15. The van der Waals surface area contributed by atoms with Crippen LogP contribution in [0.25, 0.3) is 0 Å². The molecule has 2 saturated heterocycles. The Morgan fingerprint density at radius 1 is 1.24 bits per heavy atom. The maximum Gasteiger partial charge on any atom is 0.306 e. The van der Waals surface area contributed by atoms with E-state index in [-0.39, 0.29) is 24.3 Å². The highest BCUT2D eigenvalue weighted by atomic mass is 32.2. The summed E-state index contributed by atoms with van der Waals surface area (Å²) in [6, 6.07) is 0. The van der Waals surface area contributed by atoms with Gasteiger partial charge in [0.25, 0.3) is 0 Å². The van der Waals surface area contributed by atoms with E-state index in [1.807, 2.05) is 0 Å². The van der Waals surface area contributed by atoms with Gasteiger partial charge in [-0.05, 0) is 0 Å². The van der Waals surface area contributed by atoms with Crippen LogP contribution in [0.2, 0.25) is 0 Å². The molecular weight excluding hydrogens is 294 g/mol. The Morgan fingerprint density at radius 2 is 1.95 bits per heavy atom. The number of carbonyl (C=O) groups excluding carboxylic acids is 3. The smallest absolute Gasteiger partial charge is 0.306 e. The summed E-state index contributed by atoms with van der Waals surface area (Å²) in [4.78, 5) is 40.3. The molecule has 118 valence electrons. The van der Waals surface area contributed by atoms with E-state index < -0.39 is 0 Å². The number of methoxy groups -OCH3 is 1. The summed E-state index contributed by atoms with van der Waals surface area (Å²) in [6.45, 7) is 3.66. The molecule has 7 nitrogen and oxygen atoms in total. The largest absolute Gasteiger partial charge is 0.469 e. The Balaban J connectivity index is 1.69. The maximum absolute atomic E-state index is 12.1. The third-order valence-electron chi connectivity index (χ3n) is 3.74. The molecule has 2 heterocycles. The van der Waals surface area contributed by atoms with E-state index in [0.29, 0.717) is 37.7 Å². The van der Waals surface area contributed by atoms with Gasteiger partial charge in [-0.15, -0.1) is 11.8 Å². The van der Waals surface area contributed by atoms with Crippen molar-refractivity contribution in [1.82, 2.24) is 14.7 Å². The fraction of sp³-hybridized carbons (Fsp3) is 0.769. The van der Waals surface area contributed by atoms with Crippen LogP contribution in [0.5, 0.6) is 0 Å². The Morgan fingerprint density at radius 3 is 2.52 bits per heavy atom. The Kier molecular flexibility index (Phi) is 5.86. The van der Waals surface area contributed by atoms with Gasteiger partial charge in [0.2, 0.25) is 11.8 Å². The van der Waals surface area contributed by atoms with Crippen molar-refractivity contribution in [3.63, 3.8) is 0 Å². The summed E-state index contributed by atoms with van der Waals surface area (Å²) in [5, 5.41) is 0. The second-order valence-corrected chi connectivity index (χ2v) is 6.07. The number of nitrogens with zero attached hydrogens (tertiary/aromatic N) is 3. The van der Waals surface area contributed by atoms with Gasteiger partial charge in [-0.25, -0.2) is 0 Å². The lowest BCUT2D eigenvalue weighted by atomic mass is 10.2. The summed E-state index contributed by atoms with van der Waals surface area (Å²) in [5.41, 5.74) is 0. The fourth-order valence-corrected chi connectivity index (χ4v) is 3.28. The van der Waals surface area contributed by atoms with Gasteiger partial charge < -0.3 is 14.5 Å². The zero-order valence-electron chi connectivity index (χ0n) is 12.2. The van der Waals surface area contributed by atoms with Gasteiger partial charge in [0.15, 0.2) is 0 Å². The van der Waals surface area contributed by atoms with Gasteiger partial charge in [-0.1, -0.05) is 0 Å². The number of rotatable bonds is 5. The number of esters is 1. The van der Waals surface area contributed by atoms with Gasteiger partial charge >= 0.3 is 5.97 Å². The van der Waals surface area contributed by atoms with Crippen molar-refractivity contribution >= 4 is 29.5 Å². The van der Waals surface area contributed by atoms with Crippen molar-refractivity contribution in [1.29, 1.82) is 0 Å². The van der Waals surface area contributed by atoms with Crippen molar-refractivity contribution in [2.75, 3.05) is 58.0 Å². The number of ether oxygens (including phenoxy) is 1. The molecule has 0 unspecified atom stereocenters. The molecule has 2 fully saturated rings. The lowest BCUT2D eigenvalue weighted by Crippen LogP contribution is -2.51. The van der Waals surface area contributed by atoms with Gasteiger partial charge in [0.05, 0.1) is 25.2 Å². The summed E-state index contributed by atoms with van der Waals surface area (Å²) in [6.07, 6.45) is 0.379. The van der Waals surface area contributed by atoms with Crippen LogP contribution in [0.15, 0.2) is 0 Å². The monoisotopic (exact) mass is 315 g/mol. The Hall–Kier alpha value is -1.28. The molecule has 0 bridgehead atoms. The summed E-state index contributed by atoms with van der Waals surface area (Å²) < 4.78 is 4.62. The zero-order chi connectivity index (χ0) is 15.2. The van der Waals surface area contributed by atoms with E-state index in [0.717, 1.165) is 13.1 Å². The molecular formula is C13H21N3O4S. The normalized spacial score (nSPS) is 20.0. The zero-order valence-corrected chi connectivity index (χ0v) is 13.1. The molecule has 0 spiro atoms. The molecule has 0 N–H and O–H groups in total. The molecule has 2 aliphatic rings. The van der Waals surface area contributed by atoms with E-state index in [9.17, 15) is 14.4 Å². The third kappa shape index (κ3) is 4.60. The van der Waals surface area contributed by atoms with Crippen LogP contribution in [0, 0.1) is 0 Å². The number of amides is 2. The minimum atomic E-state index is -0.210. The predicted molar refractivity (Wildman–Crippen MR) is 78.7 cm³/mol. The molecule has 0 radical (unpaired) electrons. The number of hydrogen-bond donors (Lipinski definition) is 0. The number of carbonyl (C=O) groups is 3. The van der Waals surface area contributed by atoms with Gasteiger partial charge in [-0.2, -0.15) is 0 Å². The molecule has 8 heteroatoms. The van der Waals surface area contributed by atoms with Crippen molar-refractivity contribution in [2.24, 2.45) is 0 Å². The standard InChI is InChI=1S/C13H21N3O4S/c1-20-13(19)2-3-14-4-6-15(7-5-14)11(17)8-16-10-21-9-12(16)18/h2-10H2,1H3. The van der Waals surface area contributed by atoms with Crippen LogP contribution in [-0.2, 0) is 19.1 Å². The number of piperazine rings is 1. The highest BCUT2D eigenvalue weighted by Gasteiger charge is 2.27. The first kappa shape index (κ1) is 16.1. The summed E-state index contributed by atoms with van der Waals surface area (Å²) in [7, 11) is 1.39. The van der Waals surface area contributed by atoms with Crippen molar-refractivity contribution < 1.29 is 19.1 Å². The molecule has 21 heavy (non-hydrogen) atoms. The molecule has 0 saturated carbocycles. The van der Waals surface area contributed by atoms with Crippen molar-refractivity contribution in [3.8, 4) is 0 Å². The van der Waals surface area contributed by atoms with E-state index in [4.69, 9.17) is 0 Å². The minimum Gasteiger partial charge on any atom is -0.469 e. The van der Waals surface area contributed by atoms with Crippen LogP contribution >= 0.6 is 11.8 Å². The van der Waals surface area contributed by atoms with Crippen LogP contribution < -0.4 is 0 Å². The molecule has 2 rings (SSSR count). The van der Waals surface area contributed by atoms with Crippen molar-refractivity contribution in [2.45, 2.75) is 6.42 Å². The maximum atomic E-state index is 12.1. The van der Waals surface area contributed by atoms with Gasteiger partial charge in [0, 0.05) is 32.7 Å². The number of hydrogen-bond acceptors (Lipinski definition) is 6. The summed E-state index contributed by atoms with van der Waals surface area (Å²) in [5.74, 6) is 0.945. The topological polar surface area (TPSA) is 70.2 Å². The molecule has 0 aromatic heterocycles. The Bertz CT molecular complexity index is 410. The molecule has 0 aromatic rings. The fourth-order valence-electron chi connectivity index (χ4n) is 2.38.